The molecule has 0 aromatic heterocycles. The second kappa shape index (κ2) is 6.67. The lowest BCUT2D eigenvalue weighted by Gasteiger charge is -2.14. The molecule has 0 aliphatic carbocycles. The zero-order valence-electron chi connectivity index (χ0n) is 12.4. The van der Waals surface area contributed by atoms with Crippen molar-refractivity contribution in [3.63, 3.8) is 0 Å². The number of halogens is 1. The number of hydrogen-bond donors (Lipinski definition) is 1. The molecule has 0 bridgehead atoms. The van der Waals surface area contributed by atoms with Gasteiger partial charge in [-0.3, -0.25) is 0 Å². The quantitative estimate of drug-likeness (QED) is 0.861. The van der Waals surface area contributed by atoms with Crippen LogP contribution in [0.5, 0.6) is 0 Å². The summed E-state index contributed by atoms with van der Waals surface area (Å²) in [6.45, 7) is 7.27. The Balaban J connectivity index is 1.88. The third kappa shape index (κ3) is 4.46. The molecule has 0 spiro atoms. The van der Waals surface area contributed by atoms with Crippen molar-refractivity contribution in [3.05, 3.63) is 70.5 Å². The third-order valence-electron chi connectivity index (χ3n) is 3.39. The minimum absolute atomic E-state index is 0.176. The zero-order valence-corrected chi connectivity index (χ0v) is 12.4. The molecule has 1 unspecified atom stereocenters. The van der Waals surface area contributed by atoms with Gasteiger partial charge in [-0.2, -0.15) is 0 Å². The highest BCUT2D eigenvalue weighted by Gasteiger charge is 2.04. The molecule has 0 saturated heterocycles. The van der Waals surface area contributed by atoms with Gasteiger partial charge in [-0.1, -0.05) is 41.5 Å². The molecule has 2 aromatic carbocycles. The summed E-state index contributed by atoms with van der Waals surface area (Å²) < 4.78 is 12.9. The maximum absolute atomic E-state index is 12.9. The van der Waals surface area contributed by atoms with Crippen molar-refractivity contribution in [2.24, 2.45) is 0 Å². The van der Waals surface area contributed by atoms with Crippen molar-refractivity contribution in [1.82, 2.24) is 5.32 Å². The van der Waals surface area contributed by atoms with Gasteiger partial charge in [0.05, 0.1) is 0 Å². The number of benzene rings is 2. The molecule has 0 radical (unpaired) electrons. The van der Waals surface area contributed by atoms with E-state index in [2.05, 4.69) is 44.3 Å². The van der Waals surface area contributed by atoms with Gasteiger partial charge in [0.25, 0.3) is 0 Å². The van der Waals surface area contributed by atoms with E-state index in [1.165, 1.54) is 28.8 Å². The van der Waals surface area contributed by atoms with Crippen LogP contribution in [0.4, 0.5) is 4.39 Å². The van der Waals surface area contributed by atoms with Crippen LogP contribution >= 0.6 is 0 Å². The van der Waals surface area contributed by atoms with E-state index in [0.717, 1.165) is 18.5 Å². The van der Waals surface area contributed by atoms with Gasteiger partial charge in [0.1, 0.15) is 5.82 Å². The summed E-state index contributed by atoms with van der Waals surface area (Å²) in [7, 11) is 0. The molecule has 0 aliphatic rings. The van der Waals surface area contributed by atoms with Crippen molar-refractivity contribution in [1.29, 1.82) is 0 Å². The first-order chi connectivity index (χ1) is 9.52. The van der Waals surface area contributed by atoms with E-state index >= 15 is 0 Å². The molecule has 0 heterocycles. The van der Waals surface area contributed by atoms with Gasteiger partial charge in [0, 0.05) is 12.6 Å². The Bertz CT molecular complexity index is 540. The molecule has 2 rings (SSSR count). The largest absolute Gasteiger partial charge is 0.310 e. The fourth-order valence-corrected chi connectivity index (χ4v) is 2.51. The molecule has 0 fully saturated rings. The number of aryl methyl sites for hydroxylation is 2. The lowest BCUT2D eigenvalue weighted by Crippen LogP contribution is -2.27. The Hall–Kier alpha value is -1.67. The number of rotatable bonds is 5. The Labute approximate surface area is 120 Å². The molecule has 0 saturated carbocycles. The van der Waals surface area contributed by atoms with Crippen molar-refractivity contribution >= 4 is 0 Å². The monoisotopic (exact) mass is 271 g/mol. The highest BCUT2D eigenvalue weighted by molar-refractivity contribution is 5.28. The van der Waals surface area contributed by atoms with Gasteiger partial charge in [0.2, 0.25) is 0 Å². The molecule has 0 aliphatic heterocycles. The predicted molar refractivity (Wildman–Crippen MR) is 82.3 cm³/mol. The van der Waals surface area contributed by atoms with Crippen LogP contribution < -0.4 is 5.32 Å². The molecule has 2 heteroatoms. The summed E-state index contributed by atoms with van der Waals surface area (Å²) >= 11 is 0. The molecule has 0 amide bonds. The van der Waals surface area contributed by atoms with Crippen LogP contribution in [0.25, 0.3) is 0 Å². The first-order valence-electron chi connectivity index (χ1n) is 7.08. The van der Waals surface area contributed by atoms with E-state index in [0.29, 0.717) is 6.04 Å². The second-order valence-electron chi connectivity index (χ2n) is 5.61. The Kier molecular flexibility index (Phi) is 4.91. The van der Waals surface area contributed by atoms with Gasteiger partial charge in [-0.15, -0.1) is 0 Å². The van der Waals surface area contributed by atoms with Crippen LogP contribution in [-0.2, 0) is 13.0 Å². The molecule has 20 heavy (non-hydrogen) atoms. The van der Waals surface area contributed by atoms with E-state index in [4.69, 9.17) is 0 Å². The summed E-state index contributed by atoms with van der Waals surface area (Å²) in [5, 5.41) is 3.52. The van der Waals surface area contributed by atoms with Gasteiger partial charge in [-0.05, 0) is 50.5 Å². The summed E-state index contributed by atoms with van der Waals surface area (Å²) in [5.41, 5.74) is 5.07. The summed E-state index contributed by atoms with van der Waals surface area (Å²) in [6, 6.07) is 13.7. The second-order valence-corrected chi connectivity index (χ2v) is 5.61. The Morgan fingerprint density at radius 2 is 1.55 bits per heavy atom. The third-order valence-corrected chi connectivity index (χ3v) is 3.39. The van der Waals surface area contributed by atoms with Gasteiger partial charge < -0.3 is 5.32 Å². The molecule has 106 valence electrons. The van der Waals surface area contributed by atoms with Crippen molar-refractivity contribution in [2.75, 3.05) is 0 Å². The fraction of sp³-hybridized carbons (Fsp3) is 0.333. The van der Waals surface area contributed by atoms with Gasteiger partial charge in [0.15, 0.2) is 0 Å². The van der Waals surface area contributed by atoms with Crippen molar-refractivity contribution in [3.8, 4) is 0 Å². The molecular weight excluding hydrogens is 249 g/mol. The highest BCUT2D eigenvalue weighted by atomic mass is 19.1. The molecule has 1 atom stereocenters. The normalized spacial score (nSPS) is 12.4. The number of hydrogen-bond acceptors (Lipinski definition) is 1. The van der Waals surface area contributed by atoms with Crippen LogP contribution in [0, 0.1) is 19.7 Å². The van der Waals surface area contributed by atoms with Gasteiger partial charge >= 0.3 is 0 Å². The van der Waals surface area contributed by atoms with Crippen LogP contribution in [0.3, 0.4) is 0 Å². The van der Waals surface area contributed by atoms with E-state index in [1.54, 1.807) is 0 Å². The highest BCUT2D eigenvalue weighted by Crippen LogP contribution is 2.10. The predicted octanol–water partition coefficient (Wildman–Crippen LogP) is 4.16. The van der Waals surface area contributed by atoms with E-state index in [1.807, 2.05) is 12.1 Å². The summed E-state index contributed by atoms with van der Waals surface area (Å²) in [4.78, 5) is 0. The Morgan fingerprint density at radius 3 is 2.15 bits per heavy atom. The molecule has 1 N–H and O–H groups in total. The van der Waals surface area contributed by atoms with E-state index < -0.39 is 0 Å². The fourth-order valence-electron chi connectivity index (χ4n) is 2.51. The number of nitrogens with one attached hydrogen (secondary N) is 1. The molecule has 2 aromatic rings. The lowest BCUT2D eigenvalue weighted by molar-refractivity contribution is 0.544. The standard InChI is InChI=1S/C18H22FN/c1-13-8-14(2)10-17(9-13)12-20-15(3)11-16-4-6-18(19)7-5-16/h4-10,15,20H,11-12H2,1-3H3. The maximum Gasteiger partial charge on any atom is 0.123 e. The van der Waals surface area contributed by atoms with Crippen LogP contribution in [-0.4, -0.2) is 6.04 Å². The lowest BCUT2D eigenvalue weighted by atomic mass is 10.1. The van der Waals surface area contributed by atoms with Crippen molar-refractivity contribution in [2.45, 2.75) is 39.8 Å². The first-order valence-corrected chi connectivity index (χ1v) is 7.08. The summed E-state index contributed by atoms with van der Waals surface area (Å²) in [6.07, 6.45) is 0.908. The minimum Gasteiger partial charge on any atom is -0.310 e. The average Bonchev–Trinajstić information content (AvgIpc) is 2.38. The van der Waals surface area contributed by atoms with Crippen LogP contribution in [0.15, 0.2) is 42.5 Å². The maximum atomic E-state index is 12.9. The topological polar surface area (TPSA) is 12.0 Å². The summed E-state index contributed by atoms with van der Waals surface area (Å²) in [5.74, 6) is -0.176. The average molecular weight is 271 g/mol. The van der Waals surface area contributed by atoms with E-state index in [9.17, 15) is 4.39 Å². The zero-order chi connectivity index (χ0) is 14.5. The van der Waals surface area contributed by atoms with Crippen LogP contribution in [0.2, 0.25) is 0 Å². The molecular formula is C18H22FN. The minimum atomic E-state index is -0.176. The molecule has 1 nitrogen and oxygen atoms in total. The first kappa shape index (κ1) is 14.7. The SMILES string of the molecule is Cc1cc(C)cc(CNC(C)Cc2ccc(F)cc2)c1. The van der Waals surface area contributed by atoms with E-state index in [-0.39, 0.29) is 5.82 Å². The van der Waals surface area contributed by atoms with Crippen molar-refractivity contribution < 1.29 is 4.39 Å². The smallest absolute Gasteiger partial charge is 0.123 e. The van der Waals surface area contributed by atoms with Crippen LogP contribution in [0.1, 0.15) is 29.2 Å². The Morgan fingerprint density at radius 1 is 0.950 bits per heavy atom. The van der Waals surface area contributed by atoms with Gasteiger partial charge in [-0.25, -0.2) is 4.39 Å².